The number of amides is 6. The normalized spacial score (nSPS) is 23.8. The van der Waals surface area contributed by atoms with Crippen LogP contribution in [0.25, 0.3) is 0 Å². The minimum Gasteiger partial charge on any atom is -0.371 e. The lowest BCUT2D eigenvalue weighted by Gasteiger charge is -2.43. The van der Waals surface area contributed by atoms with E-state index in [4.69, 9.17) is 15.0 Å². The molecular formula is C115H153F9N16O6. The fourth-order valence-corrected chi connectivity index (χ4v) is 25.0. The van der Waals surface area contributed by atoms with Crippen molar-refractivity contribution in [3.05, 3.63) is 178 Å². The topological polar surface area (TPSA) is 183 Å². The van der Waals surface area contributed by atoms with Crippen LogP contribution in [0.3, 0.4) is 0 Å². The van der Waals surface area contributed by atoms with Gasteiger partial charge in [-0.25, -0.2) is 0 Å². The van der Waals surface area contributed by atoms with Gasteiger partial charge in [0.2, 0.25) is 0 Å². The predicted molar refractivity (Wildman–Crippen MR) is 547 cm³/mol. The first-order valence-electron chi connectivity index (χ1n) is 54.9. The van der Waals surface area contributed by atoms with E-state index in [1.165, 1.54) is 183 Å². The van der Waals surface area contributed by atoms with Crippen molar-refractivity contribution in [2.24, 2.45) is 22.7 Å². The molecule has 6 unspecified atom stereocenters. The van der Waals surface area contributed by atoms with Crippen molar-refractivity contribution in [3.8, 4) is 0 Å². The second-order valence-corrected chi connectivity index (χ2v) is 48.1. The van der Waals surface area contributed by atoms with Crippen LogP contribution in [0.2, 0.25) is 0 Å². The van der Waals surface area contributed by atoms with E-state index >= 15 is 0 Å². The molecule has 792 valence electrons. The van der Waals surface area contributed by atoms with Gasteiger partial charge in [-0.2, -0.15) is 39.5 Å². The molecule has 0 N–H and O–H groups in total. The third kappa shape index (κ3) is 21.2. The Labute approximate surface area is 857 Å². The Bertz CT molecular complexity index is 5970. The molecule has 12 fully saturated rings. The van der Waals surface area contributed by atoms with Crippen molar-refractivity contribution in [1.82, 2.24) is 68.9 Å². The first-order valence-corrected chi connectivity index (χ1v) is 54.9. The Kier molecular flexibility index (Phi) is 29.1. The number of nitrogens with zero attached hydrogens (tertiary/aromatic N) is 16. The van der Waals surface area contributed by atoms with Crippen molar-refractivity contribution in [2.45, 2.75) is 382 Å². The van der Waals surface area contributed by atoms with Crippen molar-refractivity contribution in [3.63, 3.8) is 0 Å². The summed E-state index contributed by atoms with van der Waals surface area (Å²) in [6.07, 6.45) is 8.24. The highest BCUT2D eigenvalue weighted by molar-refractivity contribution is 6.03. The van der Waals surface area contributed by atoms with E-state index in [9.17, 15) is 68.3 Å². The molecule has 16 heterocycles. The molecule has 3 aromatic carbocycles. The fourth-order valence-electron chi connectivity index (χ4n) is 25.0. The number of fused-ring (bicyclic) bond motifs is 7. The summed E-state index contributed by atoms with van der Waals surface area (Å²) < 4.78 is 122. The Morgan fingerprint density at radius 1 is 0.336 bits per heavy atom. The number of rotatable bonds is 19. The van der Waals surface area contributed by atoms with E-state index < -0.39 is 35.2 Å². The highest BCUT2D eigenvalue weighted by atomic mass is 19.4. The Balaban J connectivity index is 0.000000111. The summed E-state index contributed by atoms with van der Waals surface area (Å²) in [4.78, 5) is 118. The molecule has 13 aliphatic heterocycles. The number of alkyl halides is 9. The highest BCUT2D eigenvalue weighted by Gasteiger charge is 2.55. The third-order valence-electron chi connectivity index (χ3n) is 35.6. The lowest BCUT2D eigenvalue weighted by molar-refractivity contribution is -0.139. The molecule has 5 aliphatic carbocycles. The highest BCUT2D eigenvalue weighted by Crippen LogP contribution is 2.58. The molecule has 7 saturated heterocycles. The molecule has 6 amide bonds. The summed E-state index contributed by atoms with van der Waals surface area (Å²) in [5.41, 5.74) is 15.4. The van der Waals surface area contributed by atoms with Gasteiger partial charge in [-0.05, 0) is 346 Å². The summed E-state index contributed by atoms with van der Waals surface area (Å²) >= 11 is 0. The van der Waals surface area contributed by atoms with E-state index in [0.717, 1.165) is 125 Å². The van der Waals surface area contributed by atoms with Crippen LogP contribution in [-0.4, -0.2) is 238 Å². The minimum absolute atomic E-state index is 0.0390. The summed E-state index contributed by atoms with van der Waals surface area (Å²) in [5, 5.41) is 0. The fraction of sp³-hybridized carbons (Fsp3) is 0.661. The van der Waals surface area contributed by atoms with Gasteiger partial charge < -0.3 is 39.2 Å². The van der Waals surface area contributed by atoms with Crippen LogP contribution in [0.4, 0.5) is 50.9 Å². The van der Waals surface area contributed by atoms with E-state index in [0.29, 0.717) is 101 Å². The molecule has 2 spiro atoms. The molecule has 0 radical (unpaired) electrons. The van der Waals surface area contributed by atoms with Crippen molar-refractivity contribution in [1.29, 1.82) is 0 Å². The number of aromatic nitrogens is 3. The quantitative estimate of drug-likeness (QED) is 0.0697. The number of anilines is 2. The Morgan fingerprint density at radius 3 is 1.05 bits per heavy atom. The van der Waals surface area contributed by atoms with Gasteiger partial charge in [-0.15, -0.1) is 0 Å². The minimum atomic E-state index is -4.46. The van der Waals surface area contributed by atoms with E-state index in [1.807, 2.05) is 66.0 Å². The average molecular weight is 2030 g/mol. The van der Waals surface area contributed by atoms with Gasteiger partial charge in [-0.1, -0.05) is 20.3 Å². The second-order valence-electron chi connectivity index (χ2n) is 48.1. The number of hydrogen-bond donors (Lipinski definition) is 0. The number of benzene rings is 3. The SMILES string of the molecule is CC(C)N1Cc2c(cc(N3CCN4CCCC4C3)cc2C(F)(F)F)C1=O.CC(c1cc2c(c(C3CC3)n1)CN(C(C)C)C2=O)N1CC2(CC2)C1.CC(c1cc2c(c(C3CC3)n1)CN(C(C)C)C2=O)N1CCC2(CC2)C1.CC(c1cc2c(c(C3CC3)n1)CN(C(C)C)C2=O)N1CCCCC1.CC1CCN(Cc2cc3c(c(C(F)(F)F)c2)CN(C(C)C)C3=O)C1C.CC1CN(c2cc3c(c(C(F)(F)F)c2)CN(C(C)C)C3=O)C1. The summed E-state index contributed by atoms with van der Waals surface area (Å²) in [6.45, 7) is 52.4. The maximum atomic E-state index is 13.7. The van der Waals surface area contributed by atoms with Crippen molar-refractivity contribution in [2.75, 3.05) is 94.9 Å². The summed E-state index contributed by atoms with van der Waals surface area (Å²) in [5.74, 6) is 2.53. The van der Waals surface area contributed by atoms with Crippen LogP contribution in [-0.2, 0) is 64.3 Å². The number of hydrogen-bond acceptors (Lipinski definition) is 16. The zero-order valence-electron chi connectivity index (χ0n) is 89.1. The lowest BCUT2D eigenvalue weighted by Crippen LogP contribution is -2.50. The van der Waals surface area contributed by atoms with Crippen LogP contribution < -0.4 is 9.80 Å². The maximum Gasteiger partial charge on any atom is 0.416 e. The number of piperidine rings is 1. The third-order valence-corrected chi connectivity index (χ3v) is 35.6. The van der Waals surface area contributed by atoms with Gasteiger partial charge in [0.25, 0.3) is 35.4 Å². The van der Waals surface area contributed by atoms with Crippen LogP contribution in [0.1, 0.15) is 422 Å². The first-order chi connectivity index (χ1) is 69.0. The standard InChI is InChI=1S/C21H29N3O.C20H27N3O.C20H29N3O.C19H24F3N3O.C19H25F3N2O.C16H19F3N2O/c1-13(2)24-11-17-16(20(24)25)10-18(22-19(17)15-4-5-15)14(3)23-9-8-21(12-23)6-7-21;1-12(2)23-9-16-15(19(23)24)8-17(21-18(16)14-4-5-14)13(3)22-10-20(11-22)6-7-20;1-13(2)23-12-17-16(20(23)24)11-18(21-19(17)15-7-8-15)14(3)22-9-5-4-6-10-22;1-12(2)25-11-16-15(18(25)26)8-14(9-17(16)19(20,21)22)24-7-6-23-5-3-4-13(23)10-24;1-11(2)24-10-16-15(18(24)25)7-14(8-17(16)19(20,21)22)9-23-6-5-12(3)13(23)4;1-9(2)21-8-13-12(15(21)22)4-11(20-6-10(3)7-20)5-14(13)16(17,18)19/h10,13-15H,4-9,11-12H2,1-3H3;8,12-14H,4-7,9-11H2,1-3H3;11,13-15H,4-10,12H2,1-3H3;8-9,12-13H,3-7,10-11H2,1-2H3;7-8,11-13H,5-6,9-10H2,1-4H3;4-5,9-10H,6-8H2,1-3H3. The molecule has 18 aliphatic rings. The van der Waals surface area contributed by atoms with Crippen molar-refractivity contribution < 1.29 is 68.3 Å². The van der Waals surface area contributed by atoms with Crippen LogP contribution >= 0.6 is 0 Å². The number of halogens is 9. The molecule has 3 aromatic heterocycles. The summed E-state index contributed by atoms with van der Waals surface area (Å²) in [6, 6.07) is 17.1. The van der Waals surface area contributed by atoms with E-state index in [1.54, 1.807) is 18.2 Å². The molecular weight excluding hydrogens is 1870 g/mol. The predicted octanol–water partition coefficient (Wildman–Crippen LogP) is 22.4. The van der Waals surface area contributed by atoms with Crippen LogP contribution in [0.15, 0.2) is 54.6 Å². The molecule has 6 aromatic rings. The number of pyridine rings is 3. The lowest BCUT2D eigenvalue weighted by atomic mass is 9.93. The van der Waals surface area contributed by atoms with Gasteiger partial charge in [0.1, 0.15) is 0 Å². The van der Waals surface area contributed by atoms with E-state index in [-0.39, 0.29) is 125 Å². The summed E-state index contributed by atoms with van der Waals surface area (Å²) in [7, 11) is 0. The first kappa shape index (κ1) is 105. The average Bonchev–Trinajstić information content (AvgIpc) is 1.63. The van der Waals surface area contributed by atoms with Gasteiger partial charge in [0.05, 0.1) is 33.8 Å². The van der Waals surface area contributed by atoms with Crippen molar-refractivity contribution >= 4 is 46.8 Å². The zero-order chi connectivity index (χ0) is 104. The Morgan fingerprint density at radius 2 is 0.692 bits per heavy atom. The molecule has 146 heavy (non-hydrogen) atoms. The number of carbonyl (C=O) groups excluding carboxylic acids is 6. The molecule has 6 atom stereocenters. The second kappa shape index (κ2) is 40.5. The molecule has 0 bridgehead atoms. The largest absolute Gasteiger partial charge is 0.416 e. The van der Waals surface area contributed by atoms with Gasteiger partial charge in [0, 0.05) is 261 Å². The Hall–Kier alpha value is -9.30. The maximum absolute atomic E-state index is 13.7. The van der Waals surface area contributed by atoms with Gasteiger partial charge >= 0.3 is 18.5 Å². The van der Waals surface area contributed by atoms with E-state index in [2.05, 4.69) is 126 Å². The number of piperazine rings is 1. The van der Waals surface area contributed by atoms with Gasteiger partial charge in [-0.3, -0.25) is 68.2 Å². The molecule has 31 heteroatoms. The van der Waals surface area contributed by atoms with Crippen LogP contribution in [0, 0.1) is 22.7 Å². The smallest absolute Gasteiger partial charge is 0.371 e. The number of likely N-dealkylation sites (tertiary alicyclic amines) is 4. The monoisotopic (exact) mass is 2030 g/mol. The molecule has 24 rings (SSSR count). The van der Waals surface area contributed by atoms with Gasteiger partial charge in [0.15, 0.2) is 0 Å². The molecule has 5 saturated carbocycles. The zero-order valence-corrected chi connectivity index (χ0v) is 89.1. The molecule has 22 nitrogen and oxygen atoms in total. The number of carbonyl (C=O) groups is 6. The van der Waals surface area contributed by atoms with Crippen LogP contribution in [0.5, 0.6) is 0 Å².